The zero-order valence-electron chi connectivity index (χ0n) is 30.5. The van der Waals surface area contributed by atoms with Crippen LogP contribution in [0.2, 0.25) is 0 Å². The van der Waals surface area contributed by atoms with Gasteiger partial charge in [0.1, 0.15) is 6.10 Å². The third-order valence-corrected chi connectivity index (χ3v) is 15.1. The number of unbranched alkanes of at least 4 members (excludes halogenated alkanes) is 2. The average molecular weight is 640 g/mol. The molecule has 6 nitrogen and oxygen atoms in total. The number of carbonyl (C=O) groups is 3. The molecule has 1 amide bonds. The van der Waals surface area contributed by atoms with Crippen molar-refractivity contribution in [3.05, 3.63) is 11.6 Å². The van der Waals surface area contributed by atoms with Gasteiger partial charge in [-0.05, 0) is 116 Å². The maximum Gasteiger partial charge on any atom is 0.306 e. The van der Waals surface area contributed by atoms with Crippen LogP contribution in [0.3, 0.4) is 0 Å². The maximum absolute atomic E-state index is 14.1. The molecule has 4 saturated carbocycles. The van der Waals surface area contributed by atoms with E-state index in [4.69, 9.17) is 9.84 Å². The number of aliphatic carboxylic acids is 1. The van der Waals surface area contributed by atoms with E-state index in [9.17, 15) is 14.4 Å². The summed E-state index contributed by atoms with van der Waals surface area (Å²) in [4.78, 5) is 38.1. The van der Waals surface area contributed by atoms with E-state index in [-0.39, 0.29) is 57.4 Å². The predicted molar refractivity (Wildman–Crippen MR) is 183 cm³/mol. The third-order valence-electron chi connectivity index (χ3n) is 15.1. The molecular formula is C40H65NO5. The number of carbonyl (C=O) groups excluding carboxylic acids is 2. The maximum atomic E-state index is 14.1. The van der Waals surface area contributed by atoms with Crippen molar-refractivity contribution in [3.63, 3.8) is 0 Å². The summed E-state index contributed by atoms with van der Waals surface area (Å²) in [5.74, 6) is 0.636. The molecule has 0 unspecified atom stereocenters. The number of ether oxygens (including phenoxy) is 1. The number of rotatable bonds is 10. The van der Waals surface area contributed by atoms with E-state index < -0.39 is 11.4 Å². The first-order valence-electron chi connectivity index (χ1n) is 18.9. The number of carboxylic acid groups (broad SMARTS) is 1. The molecule has 8 atom stereocenters. The highest BCUT2D eigenvalue weighted by atomic mass is 16.5. The fourth-order valence-corrected chi connectivity index (χ4v) is 12.2. The number of amides is 1. The Balaban J connectivity index is 1.42. The zero-order valence-corrected chi connectivity index (χ0v) is 30.5. The minimum Gasteiger partial charge on any atom is -0.481 e. The molecule has 0 radical (unpaired) electrons. The van der Waals surface area contributed by atoms with Crippen molar-refractivity contribution in [2.45, 2.75) is 164 Å². The van der Waals surface area contributed by atoms with Crippen LogP contribution < -0.4 is 5.32 Å². The number of hydrogen-bond donors (Lipinski definition) is 2. The molecule has 6 heteroatoms. The molecule has 260 valence electrons. The van der Waals surface area contributed by atoms with Crippen LogP contribution >= 0.6 is 0 Å². The van der Waals surface area contributed by atoms with Crippen molar-refractivity contribution in [2.24, 2.45) is 50.2 Å². The van der Waals surface area contributed by atoms with Gasteiger partial charge in [0.25, 0.3) is 0 Å². The van der Waals surface area contributed by atoms with Gasteiger partial charge < -0.3 is 15.2 Å². The number of hydrogen-bond acceptors (Lipinski definition) is 4. The van der Waals surface area contributed by atoms with Crippen molar-refractivity contribution < 1.29 is 24.2 Å². The molecule has 5 aliphatic rings. The molecule has 0 bridgehead atoms. The van der Waals surface area contributed by atoms with Crippen LogP contribution in [-0.4, -0.2) is 35.6 Å². The minimum absolute atomic E-state index is 0.0110. The Hall–Kier alpha value is -1.85. The summed E-state index contributed by atoms with van der Waals surface area (Å²) in [7, 11) is 0. The van der Waals surface area contributed by atoms with Gasteiger partial charge in [-0.15, -0.1) is 0 Å². The van der Waals surface area contributed by atoms with Gasteiger partial charge in [0.15, 0.2) is 0 Å². The lowest BCUT2D eigenvalue weighted by Crippen LogP contribution is -2.65. The van der Waals surface area contributed by atoms with Gasteiger partial charge in [-0.3, -0.25) is 14.4 Å². The molecule has 0 aromatic rings. The minimum atomic E-state index is -0.808. The molecule has 2 N–H and O–H groups in total. The van der Waals surface area contributed by atoms with Gasteiger partial charge in [0, 0.05) is 24.8 Å². The lowest BCUT2D eigenvalue weighted by Gasteiger charge is -2.71. The van der Waals surface area contributed by atoms with Crippen LogP contribution in [0, 0.1) is 50.2 Å². The lowest BCUT2D eigenvalue weighted by atomic mass is 9.33. The van der Waals surface area contributed by atoms with Crippen LogP contribution in [0.15, 0.2) is 11.6 Å². The van der Waals surface area contributed by atoms with Crippen molar-refractivity contribution >= 4 is 17.8 Å². The fourth-order valence-electron chi connectivity index (χ4n) is 12.2. The highest BCUT2D eigenvalue weighted by Crippen LogP contribution is 2.75. The van der Waals surface area contributed by atoms with Gasteiger partial charge in [0.05, 0.1) is 5.41 Å². The summed E-state index contributed by atoms with van der Waals surface area (Å²) < 4.78 is 6.26. The van der Waals surface area contributed by atoms with Crippen molar-refractivity contribution in [3.8, 4) is 0 Å². The van der Waals surface area contributed by atoms with E-state index in [1.165, 1.54) is 6.42 Å². The first-order chi connectivity index (χ1) is 21.5. The second-order valence-electron chi connectivity index (χ2n) is 18.4. The smallest absolute Gasteiger partial charge is 0.306 e. The topological polar surface area (TPSA) is 92.7 Å². The second-order valence-corrected chi connectivity index (χ2v) is 18.4. The fraction of sp³-hybridized carbons (Fsp3) is 0.875. The summed E-state index contributed by atoms with van der Waals surface area (Å²) in [5.41, 5.74) is 1.66. The Kier molecular flexibility index (Phi) is 9.68. The molecule has 4 fully saturated rings. The van der Waals surface area contributed by atoms with Crippen molar-refractivity contribution in [2.75, 3.05) is 6.54 Å². The predicted octanol–water partition coefficient (Wildman–Crippen LogP) is 9.26. The van der Waals surface area contributed by atoms with Crippen LogP contribution in [0.4, 0.5) is 0 Å². The number of fused-ring (bicyclic) bond motifs is 7. The second kappa shape index (κ2) is 12.6. The summed E-state index contributed by atoms with van der Waals surface area (Å²) in [5, 5.41) is 12.3. The molecule has 5 aliphatic carbocycles. The third kappa shape index (κ3) is 5.78. The largest absolute Gasteiger partial charge is 0.481 e. The molecule has 5 rings (SSSR count). The molecule has 0 heterocycles. The Morgan fingerprint density at radius 3 is 2.28 bits per heavy atom. The molecular weight excluding hydrogens is 574 g/mol. The monoisotopic (exact) mass is 639 g/mol. The Labute approximate surface area is 279 Å². The van der Waals surface area contributed by atoms with E-state index in [1.54, 1.807) is 5.57 Å². The van der Waals surface area contributed by atoms with E-state index in [2.05, 4.69) is 66.8 Å². The highest BCUT2D eigenvalue weighted by Gasteiger charge is 2.69. The quantitative estimate of drug-likeness (QED) is 0.141. The van der Waals surface area contributed by atoms with Crippen LogP contribution in [-0.2, 0) is 19.1 Å². The molecule has 0 aliphatic heterocycles. The Morgan fingerprint density at radius 1 is 0.870 bits per heavy atom. The van der Waals surface area contributed by atoms with E-state index >= 15 is 0 Å². The average Bonchev–Trinajstić information content (AvgIpc) is 2.97. The number of carboxylic acids is 1. The van der Waals surface area contributed by atoms with Crippen LogP contribution in [0.5, 0.6) is 0 Å². The standard InChI is InChI=1S/C40H65NO5/c1-9-10-11-14-33(44)46-31-18-19-37(6)29(36(31,4)5)17-20-39(8)30(37)16-15-27-28-26-35(2,3)21-23-40(28,24-22-38(27,39)7)34(45)41-25-12-13-32(42)43/h15,28-31H,9-14,16-26H2,1-8H3,(H,41,45)(H,42,43)/t28-,29-,30+,31-,37-,38+,39+,40-/m0/s1. The number of allylic oxidation sites excluding steroid dienone is 2. The SMILES string of the molecule is CCCCCC(=O)O[C@H]1CC[C@]2(C)[C@H]3CC=C4[C@@H]5CC(C)(C)CC[C@]5(C(=O)NCCCC(=O)O)CC[C@@]4(C)[C@]3(C)CC[C@H]2C1(C)C. The first kappa shape index (κ1) is 35.5. The van der Waals surface area contributed by atoms with Gasteiger partial charge >= 0.3 is 11.9 Å². The molecule has 0 saturated heterocycles. The molecule has 0 aromatic heterocycles. The van der Waals surface area contributed by atoms with Gasteiger partial charge in [-0.2, -0.15) is 0 Å². The van der Waals surface area contributed by atoms with Crippen molar-refractivity contribution in [1.29, 1.82) is 0 Å². The van der Waals surface area contributed by atoms with Crippen LogP contribution in [0.25, 0.3) is 0 Å². The zero-order chi connectivity index (χ0) is 33.8. The van der Waals surface area contributed by atoms with E-state index in [1.807, 2.05) is 0 Å². The lowest BCUT2D eigenvalue weighted by molar-refractivity contribution is -0.213. The van der Waals surface area contributed by atoms with Gasteiger partial charge in [0.2, 0.25) is 5.91 Å². The summed E-state index contributed by atoms with van der Waals surface area (Å²) in [6, 6.07) is 0. The van der Waals surface area contributed by atoms with Crippen LogP contribution in [0.1, 0.15) is 158 Å². The van der Waals surface area contributed by atoms with E-state index in [0.717, 1.165) is 77.0 Å². The molecule has 46 heavy (non-hydrogen) atoms. The molecule has 0 spiro atoms. The van der Waals surface area contributed by atoms with Gasteiger partial charge in [-0.25, -0.2) is 0 Å². The first-order valence-corrected chi connectivity index (χ1v) is 18.9. The Morgan fingerprint density at radius 2 is 1.59 bits per heavy atom. The van der Waals surface area contributed by atoms with Crippen molar-refractivity contribution in [1.82, 2.24) is 5.32 Å². The number of esters is 1. The normalized spacial score (nSPS) is 40.7. The van der Waals surface area contributed by atoms with Gasteiger partial charge in [-0.1, -0.05) is 79.9 Å². The summed E-state index contributed by atoms with van der Waals surface area (Å²) in [6.07, 6.45) is 17.2. The number of nitrogens with one attached hydrogen (secondary N) is 1. The molecule has 0 aromatic carbocycles. The van der Waals surface area contributed by atoms with E-state index in [0.29, 0.717) is 31.2 Å². The summed E-state index contributed by atoms with van der Waals surface area (Å²) in [6.45, 7) is 19.8. The Bertz CT molecular complexity index is 1220. The summed E-state index contributed by atoms with van der Waals surface area (Å²) >= 11 is 0. The highest BCUT2D eigenvalue weighted by molar-refractivity contribution is 5.84.